The quantitative estimate of drug-likeness (QED) is 0.479. The summed E-state index contributed by atoms with van der Waals surface area (Å²) in [6, 6.07) is 0.274. The van der Waals surface area contributed by atoms with E-state index in [-0.39, 0.29) is 44.1 Å². The van der Waals surface area contributed by atoms with E-state index >= 15 is 0 Å². The number of nitrogens with one attached hydrogen (secondary N) is 1. The number of carbonyl (C=O) groups is 2. The molecular weight excluding hydrogens is 425 g/mol. The molecule has 1 aliphatic heterocycles. The van der Waals surface area contributed by atoms with Crippen molar-refractivity contribution in [2.24, 2.45) is 0 Å². The maximum Gasteiger partial charge on any atom is 0.389 e. The monoisotopic (exact) mass is 450 g/mol. The summed E-state index contributed by atoms with van der Waals surface area (Å²) in [5, 5.41) is 12.5. The third kappa shape index (κ3) is 7.55. The van der Waals surface area contributed by atoms with Gasteiger partial charge in [-0.15, -0.1) is 0 Å². The smallest absolute Gasteiger partial charge is 0.389 e. The molecule has 0 unspecified atom stereocenters. The number of cyclic esters (lactones) is 1. The average Bonchev–Trinajstić information content (AvgIpc) is 2.75. The van der Waals surface area contributed by atoms with Crippen molar-refractivity contribution >= 4 is 11.9 Å². The standard InChI is InChI=1S/C19H25F3N2O7/c1-11-14(30-8-3-6-19(20,21)22)10-29-9-5-12(18(27)31-11)24-17(26)15-16(25)13(28-2)4-7-23-15/h4,7,11-12,14,25H,3,5-6,8-10H2,1-2H3,(H,24,26)/t11-,12-,14+/m0/s1. The van der Waals surface area contributed by atoms with Crippen molar-refractivity contribution in [3.8, 4) is 11.5 Å². The van der Waals surface area contributed by atoms with Crippen molar-refractivity contribution in [2.75, 3.05) is 26.9 Å². The highest BCUT2D eigenvalue weighted by atomic mass is 19.4. The highest BCUT2D eigenvalue weighted by Crippen LogP contribution is 2.27. The summed E-state index contributed by atoms with van der Waals surface area (Å²) in [4.78, 5) is 28.8. The Kier molecular flexibility index (Phi) is 8.87. The molecule has 0 bridgehead atoms. The number of alkyl halides is 3. The maximum absolute atomic E-state index is 12.5. The van der Waals surface area contributed by atoms with Gasteiger partial charge in [-0.05, 0) is 13.3 Å². The SMILES string of the molecule is COc1ccnc(C(=O)N[C@H]2CCOC[C@@H](OCCCC(F)(F)F)[C@H](C)OC2=O)c1O. The van der Waals surface area contributed by atoms with Gasteiger partial charge in [0.25, 0.3) is 5.91 Å². The highest BCUT2D eigenvalue weighted by molar-refractivity contribution is 5.97. The Hall–Kier alpha value is -2.60. The van der Waals surface area contributed by atoms with Crippen LogP contribution in [0, 0.1) is 0 Å². The summed E-state index contributed by atoms with van der Waals surface area (Å²) >= 11 is 0. The van der Waals surface area contributed by atoms with E-state index < -0.39 is 48.5 Å². The second kappa shape index (κ2) is 11.1. The van der Waals surface area contributed by atoms with Crippen molar-refractivity contribution in [3.63, 3.8) is 0 Å². The van der Waals surface area contributed by atoms with Crippen LogP contribution in [0.5, 0.6) is 11.5 Å². The van der Waals surface area contributed by atoms with Gasteiger partial charge in [0.15, 0.2) is 17.2 Å². The molecule has 2 N–H and O–H groups in total. The van der Waals surface area contributed by atoms with Crippen molar-refractivity contribution in [1.29, 1.82) is 0 Å². The van der Waals surface area contributed by atoms with Crippen LogP contribution >= 0.6 is 0 Å². The molecule has 0 saturated carbocycles. The average molecular weight is 450 g/mol. The molecule has 174 valence electrons. The number of aromatic hydroxyl groups is 1. The van der Waals surface area contributed by atoms with E-state index in [4.69, 9.17) is 18.9 Å². The Morgan fingerprint density at radius 1 is 1.42 bits per heavy atom. The van der Waals surface area contributed by atoms with Crippen LogP contribution in [-0.2, 0) is 19.0 Å². The van der Waals surface area contributed by atoms with Gasteiger partial charge in [-0.2, -0.15) is 13.2 Å². The largest absolute Gasteiger partial charge is 0.503 e. The van der Waals surface area contributed by atoms with Gasteiger partial charge in [0.1, 0.15) is 18.2 Å². The Morgan fingerprint density at radius 3 is 2.84 bits per heavy atom. The van der Waals surface area contributed by atoms with Crippen LogP contribution < -0.4 is 10.1 Å². The molecule has 12 heteroatoms. The van der Waals surface area contributed by atoms with Crippen molar-refractivity contribution in [1.82, 2.24) is 10.3 Å². The minimum Gasteiger partial charge on any atom is -0.503 e. The van der Waals surface area contributed by atoms with Gasteiger partial charge < -0.3 is 29.4 Å². The lowest BCUT2D eigenvalue weighted by atomic mass is 10.2. The van der Waals surface area contributed by atoms with E-state index in [1.165, 1.54) is 26.3 Å². The molecular formula is C19H25F3N2O7. The summed E-state index contributed by atoms with van der Waals surface area (Å²) in [5.41, 5.74) is -0.327. The first-order valence-electron chi connectivity index (χ1n) is 9.61. The number of hydrogen-bond acceptors (Lipinski definition) is 8. The first-order valence-corrected chi connectivity index (χ1v) is 9.61. The van der Waals surface area contributed by atoms with E-state index in [9.17, 15) is 27.9 Å². The first kappa shape index (κ1) is 24.7. The molecule has 2 heterocycles. The van der Waals surface area contributed by atoms with Crippen molar-refractivity contribution in [2.45, 2.75) is 50.6 Å². The molecule has 1 fully saturated rings. The normalized spacial score (nSPS) is 22.6. The topological polar surface area (TPSA) is 116 Å². The zero-order valence-corrected chi connectivity index (χ0v) is 17.1. The van der Waals surface area contributed by atoms with Crippen LogP contribution in [0.2, 0.25) is 0 Å². The zero-order valence-electron chi connectivity index (χ0n) is 17.1. The van der Waals surface area contributed by atoms with E-state index in [2.05, 4.69) is 10.3 Å². The molecule has 0 radical (unpaired) electrons. The summed E-state index contributed by atoms with van der Waals surface area (Å²) < 4.78 is 57.8. The Balaban J connectivity index is 1.97. The fraction of sp³-hybridized carbons (Fsp3) is 0.632. The predicted molar refractivity (Wildman–Crippen MR) is 99.7 cm³/mol. The van der Waals surface area contributed by atoms with Crippen LogP contribution in [0.15, 0.2) is 12.3 Å². The van der Waals surface area contributed by atoms with Gasteiger partial charge in [-0.3, -0.25) is 4.79 Å². The van der Waals surface area contributed by atoms with E-state index in [1.807, 2.05) is 0 Å². The molecule has 0 aromatic carbocycles. The molecule has 0 spiro atoms. The third-order valence-electron chi connectivity index (χ3n) is 4.51. The lowest BCUT2D eigenvalue weighted by Gasteiger charge is -2.24. The summed E-state index contributed by atoms with van der Waals surface area (Å²) in [7, 11) is 1.31. The lowest BCUT2D eigenvalue weighted by Crippen LogP contribution is -2.44. The van der Waals surface area contributed by atoms with Crippen molar-refractivity contribution < 1.29 is 46.8 Å². The second-order valence-corrected chi connectivity index (χ2v) is 6.87. The maximum atomic E-state index is 12.5. The predicted octanol–water partition coefficient (Wildman–Crippen LogP) is 1.97. The van der Waals surface area contributed by atoms with Gasteiger partial charge in [-0.25, -0.2) is 9.78 Å². The number of pyridine rings is 1. The summed E-state index contributed by atoms with van der Waals surface area (Å²) in [6.45, 7) is 1.43. The fourth-order valence-corrected chi connectivity index (χ4v) is 2.81. The summed E-state index contributed by atoms with van der Waals surface area (Å²) in [6.07, 6.45) is -5.71. The molecule has 1 aromatic heterocycles. The number of esters is 1. The second-order valence-electron chi connectivity index (χ2n) is 6.87. The minimum atomic E-state index is -4.27. The number of rotatable bonds is 7. The number of halogens is 3. The Labute approximate surface area is 176 Å². The molecule has 1 aliphatic rings. The number of hydrogen-bond donors (Lipinski definition) is 2. The van der Waals surface area contributed by atoms with Crippen LogP contribution in [0.4, 0.5) is 13.2 Å². The molecule has 1 amide bonds. The van der Waals surface area contributed by atoms with E-state index in [1.54, 1.807) is 0 Å². The van der Waals surface area contributed by atoms with Gasteiger partial charge in [0.05, 0.1) is 13.7 Å². The van der Waals surface area contributed by atoms with Gasteiger partial charge in [-0.1, -0.05) is 0 Å². The fourth-order valence-electron chi connectivity index (χ4n) is 2.81. The zero-order chi connectivity index (χ0) is 23.0. The van der Waals surface area contributed by atoms with Crippen LogP contribution in [0.3, 0.4) is 0 Å². The number of amides is 1. The first-order chi connectivity index (χ1) is 14.6. The summed E-state index contributed by atoms with van der Waals surface area (Å²) in [5.74, 6) is -2.02. The molecule has 1 saturated heterocycles. The number of aromatic nitrogens is 1. The van der Waals surface area contributed by atoms with E-state index in [0.29, 0.717) is 0 Å². The highest BCUT2D eigenvalue weighted by Gasteiger charge is 2.32. The van der Waals surface area contributed by atoms with Crippen LogP contribution in [0.25, 0.3) is 0 Å². The number of nitrogens with zero attached hydrogens (tertiary/aromatic N) is 1. The van der Waals surface area contributed by atoms with Gasteiger partial charge >= 0.3 is 12.1 Å². The minimum absolute atomic E-state index is 0.0133. The number of carbonyl (C=O) groups excluding carboxylic acids is 2. The van der Waals surface area contributed by atoms with Crippen molar-refractivity contribution in [3.05, 3.63) is 18.0 Å². The number of ether oxygens (including phenoxy) is 4. The molecule has 9 nitrogen and oxygen atoms in total. The van der Waals surface area contributed by atoms with Gasteiger partial charge in [0, 0.05) is 38.3 Å². The third-order valence-corrected chi connectivity index (χ3v) is 4.51. The Morgan fingerprint density at radius 2 is 2.16 bits per heavy atom. The molecule has 3 atom stereocenters. The van der Waals surface area contributed by atoms with Gasteiger partial charge in [0.2, 0.25) is 0 Å². The van der Waals surface area contributed by atoms with Crippen LogP contribution in [-0.4, -0.2) is 73.3 Å². The van der Waals surface area contributed by atoms with E-state index in [0.717, 1.165) is 0 Å². The molecule has 0 aliphatic carbocycles. The molecule has 2 rings (SSSR count). The molecule has 1 aromatic rings. The lowest BCUT2D eigenvalue weighted by molar-refractivity contribution is -0.160. The van der Waals surface area contributed by atoms with Crippen LogP contribution in [0.1, 0.15) is 36.7 Å². The molecule has 31 heavy (non-hydrogen) atoms. The number of methoxy groups -OCH3 is 1. The Bertz CT molecular complexity index is 761.